The van der Waals surface area contributed by atoms with Gasteiger partial charge in [-0.05, 0) is 36.6 Å². The van der Waals surface area contributed by atoms with E-state index in [4.69, 9.17) is 0 Å². The largest absolute Gasteiger partial charge is 0.478 e. The summed E-state index contributed by atoms with van der Waals surface area (Å²) in [6, 6.07) is 14.1. The number of carbonyl (C=O) groups is 2. The van der Waals surface area contributed by atoms with Crippen molar-refractivity contribution in [2.45, 2.75) is 25.3 Å². The molecule has 7 heteroatoms. The first-order valence-electron chi connectivity index (χ1n) is 9.59. The fourth-order valence-electron chi connectivity index (χ4n) is 3.87. The second-order valence-corrected chi connectivity index (χ2v) is 7.30. The van der Waals surface area contributed by atoms with Crippen LogP contribution < -0.4 is 5.56 Å². The van der Waals surface area contributed by atoms with Crippen molar-refractivity contribution in [3.8, 4) is 0 Å². The molecular formula is C22H21N3O4. The minimum Gasteiger partial charge on any atom is -0.478 e. The summed E-state index contributed by atoms with van der Waals surface area (Å²) in [7, 11) is 0. The lowest BCUT2D eigenvalue weighted by molar-refractivity contribution is -0.133. The van der Waals surface area contributed by atoms with Gasteiger partial charge in [0.1, 0.15) is 6.54 Å². The van der Waals surface area contributed by atoms with Gasteiger partial charge in [0, 0.05) is 24.4 Å². The topological polar surface area (TPSA) is 92.5 Å². The molecule has 1 aromatic heterocycles. The number of rotatable bonds is 4. The number of aromatic carboxylic acids is 1. The van der Waals surface area contributed by atoms with Crippen molar-refractivity contribution >= 4 is 22.6 Å². The van der Waals surface area contributed by atoms with Crippen molar-refractivity contribution in [1.29, 1.82) is 0 Å². The van der Waals surface area contributed by atoms with E-state index in [-0.39, 0.29) is 29.5 Å². The zero-order valence-electron chi connectivity index (χ0n) is 15.8. The van der Waals surface area contributed by atoms with E-state index in [9.17, 15) is 19.5 Å². The highest BCUT2D eigenvalue weighted by atomic mass is 16.4. The highest BCUT2D eigenvalue weighted by Gasteiger charge is 2.25. The lowest BCUT2D eigenvalue weighted by Crippen LogP contribution is -2.42. The van der Waals surface area contributed by atoms with Crippen LogP contribution in [0, 0.1) is 0 Å². The highest BCUT2D eigenvalue weighted by Crippen LogP contribution is 2.27. The van der Waals surface area contributed by atoms with Gasteiger partial charge in [0.25, 0.3) is 5.56 Å². The fraction of sp³-hybridized carbons (Fsp3) is 0.273. The number of nitrogens with zero attached hydrogens (tertiary/aromatic N) is 3. The molecule has 2 heterocycles. The number of hydrogen-bond acceptors (Lipinski definition) is 4. The lowest BCUT2D eigenvalue weighted by Gasteiger charge is -2.33. The second kappa shape index (κ2) is 7.87. The maximum Gasteiger partial charge on any atom is 0.335 e. The Labute approximate surface area is 167 Å². The van der Waals surface area contributed by atoms with E-state index in [0.29, 0.717) is 18.5 Å². The Kier molecular flexibility index (Phi) is 5.12. The Balaban J connectivity index is 1.51. The molecule has 1 N–H and O–H groups in total. The van der Waals surface area contributed by atoms with E-state index >= 15 is 0 Å². The van der Waals surface area contributed by atoms with E-state index in [0.717, 1.165) is 23.8 Å². The number of carbonyl (C=O) groups excluding carboxylic acids is 1. The van der Waals surface area contributed by atoms with Gasteiger partial charge in [-0.25, -0.2) is 9.48 Å². The first-order chi connectivity index (χ1) is 14.0. The van der Waals surface area contributed by atoms with Gasteiger partial charge in [0.15, 0.2) is 0 Å². The van der Waals surface area contributed by atoms with Crippen LogP contribution in [0.4, 0.5) is 0 Å². The molecule has 0 bridgehead atoms. The Hall–Kier alpha value is -3.48. The monoisotopic (exact) mass is 391 g/mol. The van der Waals surface area contributed by atoms with E-state index in [1.165, 1.54) is 4.68 Å². The Morgan fingerprint density at radius 1 is 1.14 bits per heavy atom. The van der Waals surface area contributed by atoms with Crippen molar-refractivity contribution in [3.63, 3.8) is 0 Å². The van der Waals surface area contributed by atoms with Gasteiger partial charge in [0.2, 0.25) is 5.91 Å². The molecule has 1 amide bonds. The smallest absolute Gasteiger partial charge is 0.335 e. The standard InChI is InChI=1S/C22H21N3O4/c26-20(14-25-21(27)19-9-2-1-5-17(19)12-23-25)24-10-4-8-18(13-24)15-6-3-7-16(11-15)22(28)29/h1-3,5-7,9,11-12,18H,4,8,10,13-14H2,(H,28,29)/t18-/m0/s1. The molecule has 4 rings (SSSR count). The van der Waals surface area contributed by atoms with E-state index in [1.54, 1.807) is 41.4 Å². The number of hydrogen-bond donors (Lipinski definition) is 1. The third kappa shape index (κ3) is 3.89. The quantitative estimate of drug-likeness (QED) is 0.738. The third-order valence-electron chi connectivity index (χ3n) is 5.43. The van der Waals surface area contributed by atoms with Gasteiger partial charge in [-0.15, -0.1) is 0 Å². The van der Waals surface area contributed by atoms with Crippen molar-refractivity contribution in [1.82, 2.24) is 14.7 Å². The zero-order valence-corrected chi connectivity index (χ0v) is 15.8. The fourth-order valence-corrected chi connectivity index (χ4v) is 3.87. The maximum absolute atomic E-state index is 12.8. The zero-order chi connectivity index (χ0) is 20.4. The molecule has 0 saturated carbocycles. The van der Waals surface area contributed by atoms with Crippen LogP contribution in [0.5, 0.6) is 0 Å². The molecule has 0 aliphatic carbocycles. The number of benzene rings is 2. The van der Waals surface area contributed by atoms with Crippen molar-refractivity contribution in [2.24, 2.45) is 0 Å². The van der Waals surface area contributed by atoms with Crippen LogP contribution in [0.1, 0.15) is 34.7 Å². The number of carboxylic acids is 1. The molecule has 1 aliphatic rings. The number of carboxylic acid groups (broad SMARTS) is 1. The molecule has 1 aliphatic heterocycles. The molecule has 1 atom stereocenters. The minimum atomic E-state index is -0.961. The summed E-state index contributed by atoms with van der Waals surface area (Å²) in [5.74, 6) is -1.04. The van der Waals surface area contributed by atoms with E-state index in [1.807, 2.05) is 18.2 Å². The number of aromatic nitrogens is 2. The van der Waals surface area contributed by atoms with Gasteiger partial charge < -0.3 is 10.0 Å². The predicted molar refractivity (Wildman–Crippen MR) is 108 cm³/mol. The molecule has 3 aromatic rings. The van der Waals surface area contributed by atoms with Crippen LogP contribution >= 0.6 is 0 Å². The molecule has 0 spiro atoms. The van der Waals surface area contributed by atoms with E-state index < -0.39 is 5.97 Å². The summed E-state index contributed by atoms with van der Waals surface area (Å²) >= 11 is 0. The van der Waals surface area contributed by atoms with Crippen LogP contribution in [0.3, 0.4) is 0 Å². The van der Waals surface area contributed by atoms with Crippen LogP contribution in [-0.4, -0.2) is 44.8 Å². The summed E-state index contributed by atoms with van der Waals surface area (Å²) in [4.78, 5) is 38.4. The van der Waals surface area contributed by atoms with E-state index in [2.05, 4.69) is 5.10 Å². The Morgan fingerprint density at radius 3 is 2.79 bits per heavy atom. The second-order valence-electron chi connectivity index (χ2n) is 7.30. The van der Waals surface area contributed by atoms with Crippen LogP contribution in [0.15, 0.2) is 59.5 Å². The summed E-state index contributed by atoms with van der Waals surface area (Å²) in [5, 5.41) is 14.6. The minimum absolute atomic E-state index is 0.0771. The molecule has 0 radical (unpaired) electrons. The van der Waals surface area contributed by atoms with Crippen LogP contribution in [0.25, 0.3) is 10.8 Å². The highest BCUT2D eigenvalue weighted by molar-refractivity contribution is 5.87. The molecular weight excluding hydrogens is 370 g/mol. The van der Waals surface area contributed by atoms with Gasteiger partial charge in [0.05, 0.1) is 17.1 Å². The molecule has 7 nitrogen and oxygen atoms in total. The molecule has 0 unspecified atom stereocenters. The number of piperidine rings is 1. The summed E-state index contributed by atoms with van der Waals surface area (Å²) in [6.45, 7) is 1.02. The average molecular weight is 391 g/mol. The Bertz CT molecular complexity index is 1140. The van der Waals surface area contributed by atoms with Crippen LogP contribution in [0.2, 0.25) is 0 Å². The first-order valence-corrected chi connectivity index (χ1v) is 9.59. The summed E-state index contributed by atoms with van der Waals surface area (Å²) < 4.78 is 1.21. The van der Waals surface area contributed by atoms with Crippen molar-refractivity contribution < 1.29 is 14.7 Å². The van der Waals surface area contributed by atoms with Gasteiger partial charge in [-0.2, -0.15) is 5.10 Å². The summed E-state index contributed by atoms with van der Waals surface area (Å²) in [6.07, 6.45) is 3.31. The van der Waals surface area contributed by atoms with Crippen molar-refractivity contribution in [3.05, 3.63) is 76.2 Å². The normalized spacial score (nSPS) is 16.7. The Morgan fingerprint density at radius 2 is 1.97 bits per heavy atom. The average Bonchev–Trinajstić information content (AvgIpc) is 2.76. The lowest BCUT2D eigenvalue weighted by atomic mass is 9.89. The molecule has 1 saturated heterocycles. The third-order valence-corrected chi connectivity index (χ3v) is 5.43. The first kappa shape index (κ1) is 18.9. The predicted octanol–water partition coefficient (Wildman–Crippen LogP) is 2.50. The number of likely N-dealkylation sites (tertiary alicyclic amines) is 1. The van der Waals surface area contributed by atoms with Gasteiger partial charge in [-0.1, -0.05) is 30.3 Å². The molecule has 29 heavy (non-hydrogen) atoms. The number of amides is 1. The maximum atomic E-state index is 12.8. The van der Waals surface area contributed by atoms with Crippen LogP contribution in [-0.2, 0) is 11.3 Å². The number of fused-ring (bicyclic) bond motifs is 1. The molecule has 148 valence electrons. The van der Waals surface area contributed by atoms with Gasteiger partial charge in [-0.3, -0.25) is 9.59 Å². The van der Waals surface area contributed by atoms with Gasteiger partial charge >= 0.3 is 5.97 Å². The molecule has 2 aromatic carbocycles. The SMILES string of the molecule is O=C(O)c1cccc([C@H]2CCCN(C(=O)Cn3ncc4ccccc4c3=O)C2)c1. The summed E-state index contributed by atoms with van der Waals surface area (Å²) in [5.41, 5.74) is 0.889. The molecule has 1 fully saturated rings. The van der Waals surface area contributed by atoms with Crippen molar-refractivity contribution in [2.75, 3.05) is 13.1 Å².